The van der Waals surface area contributed by atoms with Gasteiger partial charge < -0.3 is 31.1 Å². The van der Waals surface area contributed by atoms with Gasteiger partial charge in [0.25, 0.3) is 0 Å². The highest BCUT2D eigenvalue weighted by Crippen LogP contribution is 2.15. The summed E-state index contributed by atoms with van der Waals surface area (Å²) in [7, 11) is 0. The predicted molar refractivity (Wildman–Crippen MR) is 139 cm³/mol. The lowest BCUT2D eigenvalue weighted by Crippen LogP contribution is -2.52. The zero-order chi connectivity index (χ0) is 28.1. The molecule has 0 bridgehead atoms. The van der Waals surface area contributed by atoms with E-state index in [-0.39, 0.29) is 37.7 Å². The Morgan fingerprint density at radius 2 is 1.58 bits per heavy atom. The second-order valence-electron chi connectivity index (χ2n) is 8.47. The van der Waals surface area contributed by atoms with Crippen molar-refractivity contribution in [3.63, 3.8) is 0 Å². The Bertz CT molecular complexity index is 1140. The molecule has 0 aliphatic rings. The number of carbonyl (C=O) groups is 5. The number of hydrogen-bond acceptors (Lipinski definition) is 7. The van der Waals surface area contributed by atoms with Gasteiger partial charge >= 0.3 is 0 Å². The summed E-state index contributed by atoms with van der Waals surface area (Å²) in [6.45, 7) is 1.90. The summed E-state index contributed by atoms with van der Waals surface area (Å²) >= 11 is 6.03. The minimum Gasteiger partial charge on any atom is -0.508 e. The number of phenolic OH excluding ortho intramolecular Hbond substituents is 1. The topological polar surface area (TPSA) is 163 Å². The van der Waals surface area contributed by atoms with E-state index in [1.807, 2.05) is 0 Å². The number of ketones is 1. The minimum atomic E-state index is -0.973. The van der Waals surface area contributed by atoms with E-state index in [2.05, 4.69) is 21.3 Å². The average Bonchev–Trinajstić information content (AvgIpc) is 2.87. The molecule has 0 aliphatic carbocycles. The van der Waals surface area contributed by atoms with Crippen LogP contribution in [0.3, 0.4) is 0 Å². The lowest BCUT2D eigenvalue weighted by molar-refractivity contribution is -0.131. The van der Waals surface area contributed by atoms with E-state index in [1.54, 1.807) is 36.4 Å². The fraction of sp³-hybridized carbons (Fsp3) is 0.346. The lowest BCUT2D eigenvalue weighted by Gasteiger charge is -2.18. The first-order chi connectivity index (χ1) is 18.0. The fourth-order valence-corrected chi connectivity index (χ4v) is 3.44. The van der Waals surface area contributed by atoms with Crippen molar-refractivity contribution in [2.45, 2.75) is 39.0 Å². The maximum absolute atomic E-state index is 12.6. The van der Waals surface area contributed by atoms with Crippen LogP contribution in [0.25, 0.3) is 0 Å². The molecule has 4 amide bonds. The Kier molecular flexibility index (Phi) is 12.2. The molecule has 2 aromatic carbocycles. The van der Waals surface area contributed by atoms with Crippen molar-refractivity contribution in [2.75, 3.05) is 19.7 Å². The summed E-state index contributed by atoms with van der Waals surface area (Å²) < 4.78 is 5.33. The molecule has 0 saturated carbocycles. The molecule has 12 heteroatoms. The number of ether oxygens (including phenoxy) is 1. The van der Waals surface area contributed by atoms with Crippen LogP contribution in [0, 0.1) is 0 Å². The van der Waals surface area contributed by atoms with Crippen molar-refractivity contribution in [1.82, 2.24) is 21.3 Å². The van der Waals surface area contributed by atoms with Gasteiger partial charge in [-0.15, -0.1) is 0 Å². The van der Waals surface area contributed by atoms with Gasteiger partial charge in [-0.2, -0.15) is 0 Å². The summed E-state index contributed by atoms with van der Waals surface area (Å²) in [4.78, 5) is 60.5. The summed E-state index contributed by atoms with van der Waals surface area (Å²) in [6, 6.07) is 11.3. The van der Waals surface area contributed by atoms with Crippen LogP contribution in [0.4, 0.5) is 0 Å². The van der Waals surface area contributed by atoms with Crippen molar-refractivity contribution in [3.8, 4) is 5.75 Å². The first kappa shape index (κ1) is 30.3. The Balaban J connectivity index is 1.72. The van der Waals surface area contributed by atoms with Gasteiger partial charge in [-0.1, -0.05) is 41.9 Å². The van der Waals surface area contributed by atoms with Crippen molar-refractivity contribution >= 4 is 41.0 Å². The molecule has 5 N–H and O–H groups in total. The van der Waals surface area contributed by atoms with Gasteiger partial charge in [0.1, 0.15) is 24.4 Å². The zero-order valence-corrected chi connectivity index (χ0v) is 21.8. The molecule has 11 nitrogen and oxygen atoms in total. The highest BCUT2D eigenvalue weighted by Gasteiger charge is 2.22. The van der Waals surface area contributed by atoms with Gasteiger partial charge in [0, 0.05) is 18.4 Å². The third-order valence-corrected chi connectivity index (χ3v) is 5.57. The number of halogens is 1. The number of benzene rings is 2. The van der Waals surface area contributed by atoms with Gasteiger partial charge in [0.05, 0.1) is 19.7 Å². The van der Waals surface area contributed by atoms with Crippen molar-refractivity contribution in [1.29, 1.82) is 0 Å². The van der Waals surface area contributed by atoms with Crippen LogP contribution in [0.5, 0.6) is 5.75 Å². The molecule has 0 aromatic heterocycles. The molecule has 2 rings (SSSR count). The standard InChI is InChI=1S/C26H31ClN4O7/c1-16(25(36)28-12-21(34)15-38-14-19-5-3-4-6-22(19)27)30-24(35)13-29-26(37)23(31-17(2)32)11-18-7-9-20(33)10-8-18/h3-10,16,23,33H,11-15H2,1-2H3,(H,28,36)(H,29,37)(H,30,35)(H,31,32)/t16-,23-/m0/s1. The Hall–Kier alpha value is -3.96. The molecule has 0 aliphatic heterocycles. The number of phenols is 1. The Morgan fingerprint density at radius 3 is 2.24 bits per heavy atom. The van der Waals surface area contributed by atoms with Gasteiger partial charge in [-0.25, -0.2) is 0 Å². The Labute approximate surface area is 225 Å². The smallest absolute Gasteiger partial charge is 0.243 e. The number of nitrogens with one attached hydrogen (secondary N) is 4. The monoisotopic (exact) mass is 546 g/mol. The van der Waals surface area contributed by atoms with Crippen LogP contribution in [-0.2, 0) is 41.7 Å². The summed E-state index contributed by atoms with van der Waals surface area (Å²) in [5, 5.41) is 19.7. The summed E-state index contributed by atoms with van der Waals surface area (Å²) in [5.74, 6) is -2.55. The molecular weight excluding hydrogens is 516 g/mol. The van der Waals surface area contributed by atoms with Crippen LogP contribution in [0.2, 0.25) is 5.02 Å². The molecular formula is C26H31ClN4O7. The second-order valence-corrected chi connectivity index (χ2v) is 8.88. The molecule has 2 aromatic rings. The first-order valence-corrected chi connectivity index (χ1v) is 12.2. The lowest BCUT2D eigenvalue weighted by atomic mass is 10.0. The molecule has 0 radical (unpaired) electrons. The van der Waals surface area contributed by atoms with Gasteiger partial charge in [-0.3, -0.25) is 24.0 Å². The van der Waals surface area contributed by atoms with E-state index >= 15 is 0 Å². The first-order valence-electron chi connectivity index (χ1n) is 11.8. The third-order valence-electron chi connectivity index (χ3n) is 5.20. The average molecular weight is 547 g/mol. The van der Waals surface area contributed by atoms with E-state index < -0.39 is 42.3 Å². The van der Waals surface area contributed by atoms with Crippen molar-refractivity contribution in [2.24, 2.45) is 0 Å². The van der Waals surface area contributed by atoms with Gasteiger partial charge in [0.2, 0.25) is 23.6 Å². The van der Waals surface area contributed by atoms with Crippen LogP contribution >= 0.6 is 11.6 Å². The van der Waals surface area contributed by atoms with Gasteiger partial charge in [0.15, 0.2) is 5.78 Å². The summed E-state index contributed by atoms with van der Waals surface area (Å²) in [6.07, 6.45) is 0.141. The highest BCUT2D eigenvalue weighted by molar-refractivity contribution is 6.31. The number of Topliss-reactive ketones (excluding diaryl/α,β-unsaturated/α-hetero) is 1. The number of rotatable bonds is 14. The molecule has 0 spiro atoms. The molecule has 0 saturated heterocycles. The van der Waals surface area contributed by atoms with E-state index in [4.69, 9.17) is 16.3 Å². The largest absolute Gasteiger partial charge is 0.508 e. The molecule has 0 heterocycles. The second kappa shape index (κ2) is 15.3. The fourth-order valence-electron chi connectivity index (χ4n) is 3.25. The predicted octanol–water partition coefficient (Wildman–Crippen LogP) is 0.616. The number of hydrogen-bond donors (Lipinski definition) is 5. The molecule has 0 unspecified atom stereocenters. The van der Waals surface area contributed by atoms with E-state index in [9.17, 15) is 29.1 Å². The third kappa shape index (κ3) is 11.0. The number of amides is 4. The van der Waals surface area contributed by atoms with E-state index in [0.29, 0.717) is 10.6 Å². The van der Waals surface area contributed by atoms with Crippen LogP contribution in [0.15, 0.2) is 48.5 Å². The summed E-state index contributed by atoms with van der Waals surface area (Å²) in [5.41, 5.74) is 1.42. The minimum absolute atomic E-state index is 0.0650. The van der Waals surface area contributed by atoms with Crippen LogP contribution in [0.1, 0.15) is 25.0 Å². The number of aromatic hydroxyl groups is 1. The quantitative estimate of drug-likeness (QED) is 0.232. The maximum Gasteiger partial charge on any atom is 0.243 e. The molecule has 204 valence electrons. The van der Waals surface area contributed by atoms with E-state index in [0.717, 1.165) is 5.56 Å². The molecule has 0 fully saturated rings. The number of carbonyl (C=O) groups excluding carboxylic acids is 5. The van der Waals surface area contributed by atoms with E-state index in [1.165, 1.54) is 26.0 Å². The SMILES string of the molecule is CC(=O)N[C@@H](Cc1ccc(O)cc1)C(=O)NCC(=O)N[C@@H](C)C(=O)NCC(=O)COCc1ccccc1Cl. The zero-order valence-electron chi connectivity index (χ0n) is 21.1. The van der Waals surface area contributed by atoms with Crippen molar-refractivity contribution < 1.29 is 33.8 Å². The molecule has 2 atom stereocenters. The Morgan fingerprint density at radius 1 is 0.921 bits per heavy atom. The van der Waals surface area contributed by atoms with Crippen LogP contribution < -0.4 is 21.3 Å². The van der Waals surface area contributed by atoms with Crippen molar-refractivity contribution in [3.05, 3.63) is 64.7 Å². The van der Waals surface area contributed by atoms with Crippen LogP contribution in [-0.4, -0.2) is 66.3 Å². The molecule has 38 heavy (non-hydrogen) atoms. The van der Waals surface area contributed by atoms with Gasteiger partial charge in [-0.05, 0) is 36.2 Å². The maximum atomic E-state index is 12.6. The highest BCUT2D eigenvalue weighted by atomic mass is 35.5. The normalized spacial score (nSPS) is 12.1.